The van der Waals surface area contributed by atoms with Crippen LogP contribution in [0.4, 0.5) is 5.00 Å². The van der Waals surface area contributed by atoms with E-state index in [0.29, 0.717) is 0 Å². The van der Waals surface area contributed by atoms with Gasteiger partial charge >= 0.3 is 0 Å². The fourth-order valence-corrected chi connectivity index (χ4v) is 4.83. The SMILES string of the molecule is C[C@H](c1ccccc1)N(C)C(=O)c1cc(-c2ccccc2)c(N2CCOCC2)s1. The van der Waals surface area contributed by atoms with Crippen LogP contribution in [0.15, 0.2) is 66.7 Å². The molecule has 0 spiro atoms. The Bertz CT molecular complexity index is 950. The molecule has 29 heavy (non-hydrogen) atoms. The zero-order valence-corrected chi connectivity index (χ0v) is 17.7. The van der Waals surface area contributed by atoms with Crippen molar-refractivity contribution in [3.63, 3.8) is 0 Å². The predicted molar refractivity (Wildman–Crippen MR) is 120 cm³/mol. The first-order valence-electron chi connectivity index (χ1n) is 9.99. The smallest absolute Gasteiger partial charge is 0.264 e. The number of carbonyl (C=O) groups is 1. The Labute approximate surface area is 176 Å². The number of hydrogen-bond donors (Lipinski definition) is 0. The maximum Gasteiger partial charge on any atom is 0.264 e. The van der Waals surface area contributed by atoms with Crippen LogP contribution in [0.2, 0.25) is 0 Å². The van der Waals surface area contributed by atoms with Crippen LogP contribution in [-0.2, 0) is 4.74 Å². The Morgan fingerprint density at radius 3 is 2.31 bits per heavy atom. The molecule has 1 atom stereocenters. The maximum atomic E-state index is 13.3. The first-order chi connectivity index (χ1) is 14.1. The minimum atomic E-state index is 0.0119. The molecule has 4 nitrogen and oxygen atoms in total. The fourth-order valence-electron chi connectivity index (χ4n) is 3.62. The van der Waals surface area contributed by atoms with E-state index in [1.54, 1.807) is 11.3 Å². The van der Waals surface area contributed by atoms with E-state index in [4.69, 9.17) is 4.74 Å². The third-order valence-corrected chi connectivity index (χ3v) is 6.67. The number of morpholine rings is 1. The Morgan fingerprint density at radius 2 is 1.66 bits per heavy atom. The maximum absolute atomic E-state index is 13.3. The van der Waals surface area contributed by atoms with Gasteiger partial charge in [-0.15, -0.1) is 11.3 Å². The van der Waals surface area contributed by atoms with Crippen molar-refractivity contribution in [2.45, 2.75) is 13.0 Å². The van der Waals surface area contributed by atoms with Gasteiger partial charge in [0, 0.05) is 25.7 Å². The van der Waals surface area contributed by atoms with E-state index in [1.807, 2.05) is 48.3 Å². The largest absolute Gasteiger partial charge is 0.378 e. The first-order valence-corrected chi connectivity index (χ1v) is 10.8. The van der Waals surface area contributed by atoms with Crippen LogP contribution in [0, 0.1) is 0 Å². The number of thiophene rings is 1. The second-order valence-corrected chi connectivity index (χ2v) is 8.33. The summed E-state index contributed by atoms with van der Waals surface area (Å²) in [6.07, 6.45) is 0. The monoisotopic (exact) mass is 406 g/mol. The highest BCUT2D eigenvalue weighted by Crippen LogP contribution is 2.40. The molecule has 1 aromatic heterocycles. The van der Waals surface area contributed by atoms with Gasteiger partial charge in [0.1, 0.15) is 0 Å². The average molecular weight is 407 g/mol. The average Bonchev–Trinajstić information content (AvgIpc) is 3.25. The molecule has 0 radical (unpaired) electrons. The van der Waals surface area contributed by atoms with Gasteiger partial charge in [-0.05, 0) is 24.1 Å². The molecule has 0 N–H and O–H groups in total. The van der Waals surface area contributed by atoms with Crippen LogP contribution >= 0.6 is 11.3 Å². The second-order valence-electron chi connectivity index (χ2n) is 7.30. The predicted octanol–water partition coefficient (Wildman–Crippen LogP) is 5.08. The van der Waals surface area contributed by atoms with E-state index in [9.17, 15) is 4.79 Å². The topological polar surface area (TPSA) is 32.8 Å². The Balaban J connectivity index is 1.66. The molecule has 0 saturated carbocycles. The summed E-state index contributed by atoms with van der Waals surface area (Å²) in [6.45, 7) is 5.22. The van der Waals surface area contributed by atoms with Gasteiger partial charge in [-0.25, -0.2) is 0 Å². The minimum Gasteiger partial charge on any atom is -0.378 e. The first kappa shape index (κ1) is 19.7. The summed E-state index contributed by atoms with van der Waals surface area (Å²) < 4.78 is 5.53. The normalized spacial score (nSPS) is 15.2. The van der Waals surface area contributed by atoms with E-state index in [0.717, 1.165) is 52.9 Å². The number of nitrogens with zero attached hydrogens (tertiary/aromatic N) is 2. The van der Waals surface area contributed by atoms with Gasteiger partial charge in [0.25, 0.3) is 5.91 Å². The molecule has 2 aromatic carbocycles. The third kappa shape index (κ3) is 4.21. The van der Waals surface area contributed by atoms with Crippen LogP contribution in [0.25, 0.3) is 11.1 Å². The van der Waals surface area contributed by atoms with Crippen LogP contribution < -0.4 is 4.90 Å². The molecular formula is C24H26N2O2S. The van der Waals surface area contributed by atoms with E-state index in [2.05, 4.69) is 42.2 Å². The molecular weight excluding hydrogens is 380 g/mol. The van der Waals surface area contributed by atoms with E-state index in [-0.39, 0.29) is 11.9 Å². The van der Waals surface area contributed by atoms with Gasteiger partial charge in [0.15, 0.2) is 0 Å². The van der Waals surface area contributed by atoms with Crippen LogP contribution in [-0.4, -0.2) is 44.2 Å². The zero-order valence-electron chi connectivity index (χ0n) is 16.9. The molecule has 1 aliphatic heterocycles. The van der Waals surface area contributed by atoms with Crippen molar-refractivity contribution >= 4 is 22.2 Å². The third-order valence-electron chi connectivity index (χ3n) is 5.49. The number of hydrogen-bond acceptors (Lipinski definition) is 4. The Kier molecular flexibility index (Phi) is 5.97. The minimum absolute atomic E-state index is 0.0119. The molecule has 4 rings (SSSR count). The molecule has 3 aromatic rings. The van der Waals surface area contributed by atoms with Crippen molar-refractivity contribution in [1.82, 2.24) is 4.90 Å². The van der Waals surface area contributed by atoms with Gasteiger partial charge in [-0.1, -0.05) is 60.7 Å². The van der Waals surface area contributed by atoms with Gasteiger partial charge in [-0.2, -0.15) is 0 Å². The highest BCUT2D eigenvalue weighted by Gasteiger charge is 2.25. The number of benzene rings is 2. The van der Waals surface area contributed by atoms with Crippen molar-refractivity contribution in [3.8, 4) is 11.1 Å². The number of rotatable bonds is 5. The van der Waals surface area contributed by atoms with Crippen molar-refractivity contribution < 1.29 is 9.53 Å². The van der Waals surface area contributed by atoms with Crippen LogP contribution in [0.3, 0.4) is 0 Å². The van der Waals surface area contributed by atoms with E-state index in [1.165, 1.54) is 0 Å². The lowest BCUT2D eigenvalue weighted by Crippen LogP contribution is -2.35. The van der Waals surface area contributed by atoms with E-state index >= 15 is 0 Å². The van der Waals surface area contributed by atoms with Crippen molar-refractivity contribution in [1.29, 1.82) is 0 Å². The molecule has 1 fully saturated rings. The summed E-state index contributed by atoms with van der Waals surface area (Å²) in [6, 6.07) is 22.5. The fraction of sp³-hybridized carbons (Fsp3) is 0.292. The van der Waals surface area contributed by atoms with E-state index < -0.39 is 0 Å². The van der Waals surface area contributed by atoms with Crippen LogP contribution in [0.5, 0.6) is 0 Å². The number of anilines is 1. The zero-order chi connectivity index (χ0) is 20.2. The lowest BCUT2D eigenvalue weighted by Gasteiger charge is -2.28. The lowest BCUT2D eigenvalue weighted by molar-refractivity contribution is 0.0747. The Morgan fingerprint density at radius 1 is 1.03 bits per heavy atom. The molecule has 0 bridgehead atoms. The summed E-state index contributed by atoms with van der Waals surface area (Å²) in [4.78, 5) is 18.3. The summed E-state index contributed by atoms with van der Waals surface area (Å²) in [5.74, 6) is 0.0584. The standard InChI is InChI=1S/C24H26N2O2S/c1-18(19-9-5-3-6-10-19)25(2)23(27)22-17-21(20-11-7-4-8-12-20)24(29-22)26-13-15-28-16-14-26/h3-12,17-18H,13-16H2,1-2H3/t18-/m1/s1. The van der Waals surface area contributed by atoms with Crippen molar-refractivity contribution in [3.05, 3.63) is 77.2 Å². The molecule has 5 heteroatoms. The molecule has 150 valence electrons. The van der Waals surface area contributed by atoms with Crippen LogP contribution in [0.1, 0.15) is 28.2 Å². The number of amides is 1. The lowest BCUT2D eigenvalue weighted by atomic mass is 10.1. The Hall–Kier alpha value is -2.63. The van der Waals surface area contributed by atoms with Gasteiger partial charge in [-0.3, -0.25) is 4.79 Å². The van der Waals surface area contributed by atoms with Crippen molar-refractivity contribution in [2.75, 3.05) is 38.3 Å². The quantitative estimate of drug-likeness (QED) is 0.592. The van der Waals surface area contributed by atoms with Gasteiger partial charge in [0.05, 0.1) is 29.1 Å². The molecule has 0 aliphatic carbocycles. The highest BCUT2D eigenvalue weighted by atomic mass is 32.1. The molecule has 0 unspecified atom stereocenters. The summed E-state index contributed by atoms with van der Waals surface area (Å²) in [5.41, 5.74) is 3.40. The van der Waals surface area contributed by atoms with Crippen molar-refractivity contribution in [2.24, 2.45) is 0 Å². The van der Waals surface area contributed by atoms with Gasteiger partial charge < -0.3 is 14.5 Å². The molecule has 2 heterocycles. The summed E-state index contributed by atoms with van der Waals surface area (Å²) in [5, 5.41) is 1.16. The molecule has 1 amide bonds. The summed E-state index contributed by atoms with van der Waals surface area (Å²) in [7, 11) is 1.89. The second kappa shape index (κ2) is 8.80. The number of ether oxygens (including phenoxy) is 1. The molecule has 1 saturated heterocycles. The highest BCUT2D eigenvalue weighted by molar-refractivity contribution is 7.18. The van der Waals surface area contributed by atoms with Gasteiger partial charge in [0.2, 0.25) is 0 Å². The molecule has 1 aliphatic rings. The summed E-state index contributed by atoms with van der Waals surface area (Å²) >= 11 is 1.59. The number of carbonyl (C=O) groups excluding carboxylic acids is 1.